The van der Waals surface area contributed by atoms with Gasteiger partial charge in [-0.15, -0.1) is 8.42 Å². The van der Waals surface area contributed by atoms with Crippen molar-refractivity contribution in [3.05, 3.63) is 0 Å². The van der Waals surface area contributed by atoms with Gasteiger partial charge in [0, 0.05) is 6.42 Å². The van der Waals surface area contributed by atoms with Crippen molar-refractivity contribution in [3.63, 3.8) is 0 Å². The Morgan fingerprint density at radius 1 is 1.33 bits per heavy atom. The second-order valence-corrected chi connectivity index (χ2v) is 2.72. The highest BCUT2D eigenvalue weighted by atomic mass is 32.3. The predicted octanol–water partition coefficient (Wildman–Crippen LogP) is -0.121. The van der Waals surface area contributed by atoms with Crippen LogP contribution in [0.1, 0.15) is 13.3 Å². The standard InChI is InChI=1S/C4H6O7S/c1-2-3(5)10-12(8,9)11-4(6)7/h2H2,1H3,(H,6,7). The molecule has 0 spiro atoms. The number of carbonyl (C=O) groups is 2. The van der Waals surface area contributed by atoms with E-state index in [0.29, 0.717) is 0 Å². The second-order valence-electron chi connectivity index (χ2n) is 1.57. The Morgan fingerprint density at radius 3 is 2.17 bits per heavy atom. The molecule has 1 N–H and O–H groups in total. The van der Waals surface area contributed by atoms with E-state index in [0.717, 1.165) is 0 Å². The zero-order valence-corrected chi connectivity index (χ0v) is 6.83. The predicted molar refractivity (Wildman–Crippen MR) is 34.4 cm³/mol. The number of hydrogen-bond donors (Lipinski definition) is 1. The molecule has 0 aromatic carbocycles. The molecule has 0 aliphatic heterocycles. The molecule has 0 aromatic rings. The zero-order valence-electron chi connectivity index (χ0n) is 6.01. The lowest BCUT2D eigenvalue weighted by molar-refractivity contribution is -0.134. The number of rotatable bonds is 3. The van der Waals surface area contributed by atoms with Crippen molar-refractivity contribution >= 4 is 22.5 Å². The van der Waals surface area contributed by atoms with Gasteiger partial charge in [0.1, 0.15) is 0 Å². The van der Waals surface area contributed by atoms with Gasteiger partial charge in [0.25, 0.3) is 0 Å². The van der Waals surface area contributed by atoms with Crippen LogP contribution in [0.15, 0.2) is 0 Å². The largest absolute Gasteiger partial charge is 0.524 e. The van der Waals surface area contributed by atoms with Gasteiger partial charge >= 0.3 is 22.5 Å². The maximum absolute atomic E-state index is 10.4. The topological polar surface area (TPSA) is 107 Å². The van der Waals surface area contributed by atoms with Crippen LogP contribution < -0.4 is 0 Å². The van der Waals surface area contributed by atoms with Crippen molar-refractivity contribution in [2.24, 2.45) is 0 Å². The van der Waals surface area contributed by atoms with Crippen LogP contribution in [0.25, 0.3) is 0 Å². The van der Waals surface area contributed by atoms with Gasteiger partial charge in [-0.1, -0.05) is 6.92 Å². The molecule has 0 aromatic heterocycles. The van der Waals surface area contributed by atoms with Gasteiger partial charge in [-0.25, -0.2) is 4.79 Å². The van der Waals surface area contributed by atoms with Gasteiger partial charge in [0.15, 0.2) is 0 Å². The van der Waals surface area contributed by atoms with E-state index in [2.05, 4.69) is 8.37 Å². The lowest BCUT2D eigenvalue weighted by Gasteiger charge is -2.00. The number of hydrogen-bond acceptors (Lipinski definition) is 6. The molecule has 0 bridgehead atoms. The first-order chi connectivity index (χ1) is 5.37. The maximum Gasteiger partial charge on any atom is 0.524 e. The SMILES string of the molecule is CCC(=O)OS(=O)(=O)OC(=O)O. The van der Waals surface area contributed by atoms with E-state index in [-0.39, 0.29) is 6.42 Å². The molecule has 0 saturated carbocycles. The molecule has 0 aliphatic carbocycles. The van der Waals surface area contributed by atoms with Crippen LogP contribution >= 0.6 is 0 Å². The lowest BCUT2D eigenvalue weighted by atomic mass is 10.5. The summed E-state index contributed by atoms with van der Waals surface area (Å²) in [5.41, 5.74) is 0. The first-order valence-corrected chi connectivity index (χ1v) is 4.10. The van der Waals surface area contributed by atoms with Crippen LogP contribution in [-0.2, 0) is 23.6 Å². The summed E-state index contributed by atoms with van der Waals surface area (Å²) in [5.74, 6) is -1.09. The van der Waals surface area contributed by atoms with E-state index in [1.807, 2.05) is 0 Å². The minimum Gasteiger partial charge on any atom is -0.449 e. The Bertz CT molecular complexity index is 276. The molecule has 12 heavy (non-hydrogen) atoms. The average Bonchev–Trinajstić information content (AvgIpc) is 1.83. The first kappa shape index (κ1) is 10.7. The van der Waals surface area contributed by atoms with Crippen molar-refractivity contribution in [1.29, 1.82) is 0 Å². The molecule has 70 valence electrons. The minimum atomic E-state index is -4.74. The van der Waals surface area contributed by atoms with E-state index in [9.17, 15) is 18.0 Å². The lowest BCUT2D eigenvalue weighted by Crippen LogP contribution is -2.17. The quantitative estimate of drug-likeness (QED) is 0.673. The van der Waals surface area contributed by atoms with Crippen molar-refractivity contribution in [3.8, 4) is 0 Å². The molecule has 0 saturated heterocycles. The molecule has 0 fully saturated rings. The second kappa shape index (κ2) is 3.90. The maximum atomic E-state index is 10.4. The highest BCUT2D eigenvalue weighted by Gasteiger charge is 2.21. The van der Waals surface area contributed by atoms with Gasteiger partial charge < -0.3 is 9.29 Å². The van der Waals surface area contributed by atoms with Gasteiger partial charge in [-0.3, -0.25) is 8.98 Å². The van der Waals surface area contributed by atoms with Crippen LogP contribution in [0, 0.1) is 0 Å². The number of carboxylic acid groups (broad SMARTS) is 1. The van der Waals surface area contributed by atoms with Crippen molar-refractivity contribution in [2.45, 2.75) is 13.3 Å². The summed E-state index contributed by atoms with van der Waals surface area (Å²) < 4.78 is 27.6. The van der Waals surface area contributed by atoms with Crippen LogP contribution in [0.4, 0.5) is 4.79 Å². The summed E-state index contributed by atoms with van der Waals surface area (Å²) in [5, 5.41) is 7.84. The summed E-state index contributed by atoms with van der Waals surface area (Å²) in [6, 6.07) is 0. The zero-order chi connectivity index (χ0) is 9.78. The van der Waals surface area contributed by atoms with Crippen LogP contribution in [-0.4, -0.2) is 25.6 Å². The fourth-order valence-electron chi connectivity index (χ4n) is 0.277. The third-order valence-electron chi connectivity index (χ3n) is 0.657. The summed E-state index contributed by atoms with van der Waals surface area (Å²) in [6.07, 6.45) is -2.25. The molecular weight excluding hydrogens is 192 g/mol. The van der Waals surface area contributed by atoms with Crippen molar-refractivity contribution in [2.75, 3.05) is 0 Å². The number of carbonyl (C=O) groups excluding carboxylic acids is 1. The Kier molecular flexibility index (Phi) is 3.48. The molecule has 0 unspecified atom stereocenters. The molecule has 0 amide bonds. The molecule has 0 heterocycles. The van der Waals surface area contributed by atoms with Gasteiger partial charge in [-0.2, -0.15) is 0 Å². The van der Waals surface area contributed by atoms with E-state index >= 15 is 0 Å². The first-order valence-electron chi connectivity index (χ1n) is 2.77. The monoisotopic (exact) mass is 198 g/mol. The van der Waals surface area contributed by atoms with Crippen LogP contribution in [0.5, 0.6) is 0 Å². The van der Waals surface area contributed by atoms with E-state index in [1.165, 1.54) is 6.92 Å². The highest BCUT2D eigenvalue weighted by molar-refractivity contribution is 7.82. The van der Waals surface area contributed by atoms with Crippen molar-refractivity contribution < 1.29 is 31.5 Å². The third-order valence-corrected chi connectivity index (χ3v) is 1.39. The smallest absolute Gasteiger partial charge is 0.449 e. The molecule has 0 atom stereocenters. The normalized spacial score (nSPS) is 10.4. The Balaban J connectivity index is 4.25. The fraction of sp³-hybridized carbons (Fsp3) is 0.500. The van der Waals surface area contributed by atoms with E-state index in [1.54, 1.807) is 0 Å². The molecule has 8 heteroatoms. The Hall–Kier alpha value is -1.31. The van der Waals surface area contributed by atoms with E-state index < -0.39 is 22.5 Å². The average molecular weight is 198 g/mol. The summed E-state index contributed by atoms with van der Waals surface area (Å²) in [7, 11) is -4.74. The highest BCUT2D eigenvalue weighted by Crippen LogP contribution is 1.98. The van der Waals surface area contributed by atoms with E-state index in [4.69, 9.17) is 5.11 Å². The third kappa shape index (κ3) is 4.50. The summed E-state index contributed by atoms with van der Waals surface area (Å²) in [6.45, 7) is 1.35. The molecule has 0 radical (unpaired) electrons. The summed E-state index contributed by atoms with van der Waals surface area (Å²) in [4.78, 5) is 20.0. The van der Waals surface area contributed by atoms with Gasteiger partial charge in [0.2, 0.25) is 0 Å². The van der Waals surface area contributed by atoms with Crippen molar-refractivity contribution in [1.82, 2.24) is 0 Å². The van der Waals surface area contributed by atoms with Gasteiger partial charge in [-0.05, 0) is 0 Å². The summed E-state index contributed by atoms with van der Waals surface area (Å²) >= 11 is 0. The van der Waals surface area contributed by atoms with Gasteiger partial charge in [0.05, 0.1) is 0 Å². The molecule has 0 aliphatic rings. The van der Waals surface area contributed by atoms with Crippen LogP contribution in [0.2, 0.25) is 0 Å². The molecule has 0 rings (SSSR count). The molecular formula is C4H6O7S. The van der Waals surface area contributed by atoms with Crippen LogP contribution in [0.3, 0.4) is 0 Å². The Morgan fingerprint density at radius 2 is 1.83 bits per heavy atom. The molecule has 7 nitrogen and oxygen atoms in total. The minimum absolute atomic E-state index is 0.192. The fourth-order valence-corrected chi connectivity index (χ4v) is 0.831. The Labute approximate surface area is 68.2 Å².